The second kappa shape index (κ2) is 7.79. The molecule has 0 aliphatic heterocycles. The Bertz CT molecular complexity index is 403. The van der Waals surface area contributed by atoms with Crippen LogP contribution in [0.3, 0.4) is 0 Å². The van der Waals surface area contributed by atoms with Gasteiger partial charge in [-0.15, -0.1) is 0 Å². The summed E-state index contributed by atoms with van der Waals surface area (Å²) in [6.07, 6.45) is 0.187. The van der Waals surface area contributed by atoms with E-state index in [9.17, 15) is 4.79 Å². The minimum absolute atomic E-state index is 0.0730. The number of carbonyl (C=O) groups excluding carboxylic acids is 1. The number of benzene rings is 1. The van der Waals surface area contributed by atoms with Crippen LogP contribution in [0.15, 0.2) is 24.3 Å². The molecule has 0 fully saturated rings. The maximum Gasteiger partial charge on any atom is 0.253 e. The molecular weight excluding hydrogens is 240 g/mol. The first-order chi connectivity index (χ1) is 9.00. The molecule has 0 spiro atoms. The summed E-state index contributed by atoms with van der Waals surface area (Å²) in [6, 6.07) is 7.82. The lowest BCUT2D eigenvalue weighted by molar-refractivity contribution is 0.0747. The molecular formula is C15H24N2O2. The molecule has 1 rings (SSSR count). The Hall–Kier alpha value is -1.55. The van der Waals surface area contributed by atoms with Gasteiger partial charge in [-0.3, -0.25) is 4.79 Å². The minimum Gasteiger partial charge on any atom is -0.382 e. The van der Waals surface area contributed by atoms with E-state index < -0.39 is 0 Å². The van der Waals surface area contributed by atoms with E-state index in [4.69, 9.17) is 4.74 Å². The van der Waals surface area contributed by atoms with Gasteiger partial charge in [0.1, 0.15) is 0 Å². The van der Waals surface area contributed by atoms with Gasteiger partial charge in [-0.2, -0.15) is 0 Å². The summed E-state index contributed by atoms with van der Waals surface area (Å²) in [6.45, 7) is 9.10. The molecule has 4 nitrogen and oxygen atoms in total. The van der Waals surface area contributed by atoms with Gasteiger partial charge < -0.3 is 15.4 Å². The molecule has 1 aromatic rings. The topological polar surface area (TPSA) is 50.4 Å². The fourth-order valence-corrected chi connectivity index (χ4v) is 1.67. The number of ether oxygens (including phenoxy) is 1. The predicted molar refractivity (Wildman–Crippen MR) is 78.6 cm³/mol. The van der Waals surface area contributed by atoms with E-state index in [1.807, 2.05) is 52.0 Å². The van der Waals surface area contributed by atoms with E-state index in [1.165, 1.54) is 0 Å². The van der Waals surface area contributed by atoms with Crippen LogP contribution in [0, 0.1) is 0 Å². The zero-order valence-electron chi connectivity index (χ0n) is 12.2. The summed E-state index contributed by atoms with van der Waals surface area (Å²) in [4.78, 5) is 12.1. The largest absolute Gasteiger partial charge is 0.382 e. The van der Waals surface area contributed by atoms with Crippen LogP contribution < -0.4 is 10.6 Å². The summed E-state index contributed by atoms with van der Waals surface area (Å²) < 4.78 is 5.39. The molecule has 106 valence electrons. The van der Waals surface area contributed by atoms with Crippen LogP contribution in [-0.4, -0.2) is 31.2 Å². The lowest BCUT2D eigenvalue weighted by Crippen LogP contribution is -2.29. The highest BCUT2D eigenvalue weighted by Gasteiger charge is 2.10. The van der Waals surface area contributed by atoms with E-state index >= 15 is 0 Å². The first-order valence-corrected chi connectivity index (χ1v) is 6.76. The Morgan fingerprint density at radius 2 is 1.89 bits per heavy atom. The third kappa shape index (κ3) is 5.75. The number of para-hydroxylation sites is 1. The van der Waals surface area contributed by atoms with Gasteiger partial charge in [-0.1, -0.05) is 12.1 Å². The predicted octanol–water partition coefficient (Wildman–Crippen LogP) is 2.66. The molecule has 0 heterocycles. The number of hydrogen-bond donors (Lipinski definition) is 2. The van der Waals surface area contributed by atoms with Crippen molar-refractivity contribution in [3.05, 3.63) is 29.8 Å². The van der Waals surface area contributed by atoms with Crippen LogP contribution in [0.4, 0.5) is 5.69 Å². The smallest absolute Gasteiger partial charge is 0.253 e. The highest BCUT2D eigenvalue weighted by atomic mass is 16.5. The van der Waals surface area contributed by atoms with Crippen molar-refractivity contribution in [1.29, 1.82) is 0 Å². The first-order valence-electron chi connectivity index (χ1n) is 6.76. The van der Waals surface area contributed by atoms with Crippen LogP contribution in [0.1, 0.15) is 38.1 Å². The zero-order chi connectivity index (χ0) is 14.3. The standard InChI is InChI=1S/C15H24N2O2/c1-11(2)17-14-8-6-5-7-13(14)15(18)16-9-10-19-12(3)4/h5-8,11-12,17H,9-10H2,1-4H3,(H,16,18). The number of nitrogens with one attached hydrogen (secondary N) is 2. The number of anilines is 1. The Morgan fingerprint density at radius 3 is 2.53 bits per heavy atom. The van der Waals surface area contributed by atoms with Crippen LogP contribution in [0.25, 0.3) is 0 Å². The molecule has 19 heavy (non-hydrogen) atoms. The molecule has 0 bridgehead atoms. The van der Waals surface area contributed by atoms with Crippen molar-refractivity contribution < 1.29 is 9.53 Å². The molecule has 0 aromatic heterocycles. The normalized spacial score (nSPS) is 10.8. The molecule has 0 saturated carbocycles. The number of amides is 1. The summed E-state index contributed by atoms with van der Waals surface area (Å²) in [5.74, 6) is -0.0730. The fraction of sp³-hybridized carbons (Fsp3) is 0.533. The molecule has 0 aliphatic carbocycles. The van der Waals surface area contributed by atoms with E-state index in [-0.39, 0.29) is 12.0 Å². The summed E-state index contributed by atoms with van der Waals surface area (Å²) in [7, 11) is 0. The fourth-order valence-electron chi connectivity index (χ4n) is 1.67. The van der Waals surface area contributed by atoms with Gasteiger partial charge >= 0.3 is 0 Å². The third-order valence-electron chi connectivity index (χ3n) is 2.45. The molecule has 1 amide bonds. The molecule has 0 aliphatic rings. The van der Waals surface area contributed by atoms with E-state index in [1.54, 1.807) is 0 Å². The Labute approximate surface area is 115 Å². The molecule has 4 heteroatoms. The van der Waals surface area contributed by atoms with Crippen LogP contribution >= 0.6 is 0 Å². The number of rotatable bonds is 7. The van der Waals surface area contributed by atoms with Crippen molar-refractivity contribution >= 4 is 11.6 Å². The first kappa shape index (κ1) is 15.5. The van der Waals surface area contributed by atoms with Crippen LogP contribution in [0.5, 0.6) is 0 Å². The van der Waals surface area contributed by atoms with Gasteiger partial charge in [-0.25, -0.2) is 0 Å². The van der Waals surface area contributed by atoms with Gasteiger partial charge in [0.05, 0.1) is 18.3 Å². The van der Waals surface area contributed by atoms with Crippen molar-refractivity contribution in [3.8, 4) is 0 Å². The van der Waals surface area contributed by atoms with Gasteiger partial charge in [0.25, 0.3) is 5.91 Å². The molecule has 0 saturated heterocycles. The molecule has 0 unspecified atom stereocenters. The average Bonchev–Trinajstić information content (AvgIpc) is 2.34. The number of carbonyl (C=O) groups is 1. The van der Waals surface area contributed by atoms with E-state index in [2.05, 4.69) is 10.6 Å². The highest BCUT2D eigenvalue weighted by Crippen LogP contribution is 2.15. The third-order valence-corrected chi connectivity index (χ3v) is 2.45. The molecule has 1 aromatic carbocycles. The van der Waals surface area contributed by atoms with Crippen LogP contribution in [-0.2, 0) is 4.74 Å². The van der Waals surface area contributed by atoms with E-state index in [0.29, 0.717) is 24.8 Å². The lowest BCUT2D eigenvalue weighted by atomic mass is 10.1. The zero-order valence-corrected chi connectivity index (χ0v) is 12.2. The van der Waals surface area contributed by atoms with Gasteiger partial charge in [0, 0.05) is 18.3 Å². The highest BCUT2D eigenvalue weighted by molar-refractivity contribution is 5.99. The maximum atomic E-state index is 12.1. The van der Waals surface area contributed by atoms with Gasteiger partial charge in [0.15, 0.2) is 0 Å². The Balaban J connectivity index is 2.56. The van der Waals surface area contributed by atoms with Crippen molar-refractivity contribution in [3.63, 3.8) is 0 Å². The van der Waals surface area contributed by atoms with Crippen molar-refractivity contribution in [2.45, 2.75) is 39.8 Å². The molecule has 0 atom stereocenters. The SMILES string of the molecule is CC(C)Nc1ccccc1C(=O)NCCOC(C)C. The second-order valence-corrected chi connectivity index (χ2v) is 5.02. The second-order valence-electron chi connectivity index (χ2n) is 5.02. The van der Waals surface area contributed by atoms with Crippen molar-refractivity contribution in [2.24, 2.45) is 0 Å². The number of hydrogen-bond acceptors (Lipinski definition) is 3. The lowest BCUT2D eigenvalue weighted by Gasteiger charge is -2.15. The quantitative estimate of drug-likeness (QED) is 0.744. The van der Waals surface area contributed by atoms with Crippen molar-refractivity contribution in [1.82, 2.24) is 5.32 Å². The summed E-state index contributed by atoms with van der Waals surface area (Å²) in [5.41, 5.74) is 1.53. The summed E-state index contributed by atoms with van der Waals surface area (Å²) in [5, 5.41) is 6.13. The van der Waals surface area contributed by atoms with Gasteiger partial charge in [0.2, 0.25) is 0 Å². The Morgan fingerprint density at radius 1 is 1.21 bits per heavy atom. The van der Waals surface area contributed by atoms with Crippen molar-refractivity contribution in [2.75, 3.05) is 18.5 Å². The molecule has 0 radical (unpaired) electrons. The summed E-state index contributed by atoms with van der Waals surface area (Å²) >= 11 is 0. The van der Waals surface area contributed by atoms with Crippen LogP contribution in [0.2, 0.25) is 0 Å². The monoisotopic (exact) mass is 264 g/mol. The molecule has 2 N–H and O–H groups in total. The Kier molecular flexibility index (Phi) is 6.36. The minimum atomic E-state index is -0.0730. The van der Waals surface area contributed by atoms with E-state index in [0.717, 1.165) is 5.69 Å². The average molecular weight is 264 g/mol. The van der Waals surface area contributed by atoms with Gasteiger partial charge in [-0.05, 0) is 39.8 Å². The maximum absolute atomic E-state index is 12.1.